The second kappa shape index (κ2) is 2.72. The zero-order chi connectivity index (χ0) is 9.76. The summed E-state index contributed by atoms with van der Waals surface area (Å²) < 4.78 is 0. The first-order valence-corrected chi connectivity index (χ1v) is 5.74. The molecule has 1 spiro atoms. The average molecular weight is 194 g/mol. The summed E-state index contributed by atoms with van der Waals surface area (Å²) >= 11 is 0. The zero-order valence-corrected chi connectivity index (χ0v) is 8.75. The number of likely N-dealkylation sites (tertiary alicyclic amines) is 1. The van der Waals surface area contributed by atoms with Gasteiger partial charge in [-0.05, 0) is 26.2 Å². The number of hydrogen-bond donors (Lipinski definition) is 1. The molecule has 0 aromatic rings. The minimum absolute atomic E-state index is 0.365. The Morgan fingerprint density at radius 2 is 2.29 bits per heavy atom. The zero-order valence-electron chi connectivity index (χ0n) is 8.75. The minimum atomic E-state index is 0.365. The van der Waals surface area contributed by atoms with Gasteiger partial charge >= 0.3 is 0 Å². The lowest BCUT2D eigenvalue weighted by Gasteiger charge is -2.30. The van der Waals surface area contributed by atoms with Gasteiger partial charge in [0.25, 0.3) is 0 Å². The molecule has 14 heavy (non-hydrogen) atoms. The van der Waals surface area contributed by atoms with Crippen molar-refractivity contribution in [1.82, 2.24) is 10.2 Å². The molecule has 3 nitrogen and oxygen atoms in total. The van der Waals surface area contributed by atoms with Crippen LogP contribution >= 0.6 is 0 Å². The van der Waals surface area contributed by atoms with Crippen LogP contribution in [-0.2, 0) is 4.79 Å². The van der Waals surface area contributed by atoms with Crippen molar-refractivity contribution in [3.63, 3.8) is 0 Å². The molecule has 3 fully saturated rings. The second-order valence-electron chi connectivity index (χ2n) is 5.25. The molecule has 1 saturated carbocycles. The Kier molecular flexibility index (Phi) is 1.69. The van der Waals surface area contributed by atoms with E-state index in [1.807, 2.05) is 0 Å². The molecule has 0 aromatic heterocycles. The fraction of sp³-hybridized carbons (Fsp3) is 0.909. The lowest BCUT2D eigenvalue weighted by Crippen LogP contribution is -2.48. The van der Waals surface area contributed by atoms with Crippen LogP contribution in [0.2, 0.25) is 0 Å². The largest absolute Gasteiger partial charge is 0.340 e. The molecule has 2 heterocycles. The van der Waals surface area contributed by atoms with Crippen LogP contribution in [0.5, 0.6) is 0 Å². The quantitative estimate of drug-likeness (QED) is 0.663. The van der Waals surface area contributed by atoms with E-state index in [2.05, 4.69) is 17.1 Å². The van der Waals surface area contributed by atoms with E-state index < -0.39 is 0 Å². The molecule has 3 heteroatoms. The summed E-state index contributed by atoms with van der Waals surface area (Å²) in [5, 5.41) is 3.28. The first kappa shape index (κ1) is 8.72. The number of rotatable bonds is 1. The van der Waals surface area contributed by atoms with Crippen molar-refractivity contribution in [1.29, 1.82) is 0 Å². The molecule has 0 aromatic carbocycles. The highest BCUT2D eigenvalue weighted by Gasteiger charge is 2.62. The third-order valence-electron chi connectivity index (χ3n) is 4.28. The van der Waals surface area contributed by atoms with Gasteiger partial charge in [0, 0.05) is 37.0 Å². The Labute approximate surface area is 84.8 Å². The number of amides is 1. The highest BCUT2D eigenvalue weighted by molar-refractivity contribution is 5.83. The van der Waals surface area contributed by atoms with Gasteiger partial charge in [-0.15, -0.1) is 0 Å². The first-order valence-electron chi connectivity index (χ1n) is 5.74. The van der Waals surface area contributed by atoms with E-state index in [0.29, 0.717) is 23.3 Å². The number of nitrogens with one attached hydrogen (secondary N) is 1. The molecule has 2 atom stereocenters. The number of carbonyl (C=O) groups excluding carboxylic acids is 1. The van der Waals surface area contributed by atoms with Crippen LogP contribution in [0.1, 0.15) is 26.2 Å². The Morgan fingerprint density at radius 1 is 1.50 bits per heavy atom. The molecule has 1 N–H and O–H groups in total. The van der Waals surface area contributed by atoms with E-state index >= 15 is 0 Å². The van der Waals surface area contributed by atoms with Gasteiger partial charge in [-0.3, -0.25) is 4.79 Å². The number of carbonyl (C=O) groups is 1. The van der Waals surface area contributed by atoms with Crippen molar-refractivity contribution < 1.29 is 4.79 Å². The SMILES string of the molecule is CC1CCCN1C(=O)C1CC12CNC2. The number of nitrogens with zero attached hydrogens (tertiary/aromatic N) is 1. The fourth-order valence-corrected chi connectivity index (χ4v) is 2.99. The molecular formula is C11H18N2O. The molecule has 2 saturated heterocycles. The predicted molar refractivity (Wildman–Crippen MR) is 53.8 cm³/mol. The summed E-state index contributed by atoms with van der Waals surface area (Å²) in [5.74, 6) is 0.806. The molecule has 1 amide bonds. The van der Waals surface area contributed by atoms with Gasteiger partial charge in [-0.2, -0.15) is 0 Å². The molecule has 0 bridgehead atoms. The van der Waals surface area contributed by atoms with Gasteiger partial charge in [0.15, 0.2) is 0 Å². The Hall–Kier alpha value is -0.570. The van der Waals surface area contributed by atoms with E-state index in [-0.39, 0.29) is 0 Å². The minimum Gasteiger partial charge on any atom is -0.340 e. The highest BCUT2D eigenvalue weighted by Crippen LogP contribution is 2.56. The Balaban J connectivity index is 1.66. The monoisotopic (exact) mass is 194 g/mol. The van der Waals surface area contributed by atoms with E-state index in [9.17, 15) is 4.79 Å². The maximum absolute atomic E-state index is 12.1. The van der Waals surface area contributed by atoms with Crippen LogP contribution in [0.15, 0.2) is 0 Å². The summed E-state index contributed by atoms with van der Waals surface area (Å²) in [7, 11) is 0. The third kappa shape index (κ3) is 1.05. The van der Waals surface area contributed by atoms with Gasteiger partial charge in [-0.25, -0.2) is 0 Å². The van der Waals surface area contributed by atoms with Crippen LogP contribution < -0.4 is 5.32 Å². The lowest BCUT2D eigenvalue weighted by molar-refractivity contribution is -0.134. The second-order valence-corrected chi connectivity index (χ2v) is 5.25. The normalized spacial score (nSPS) is 38.5. The molecule has 2 unspecified atom stereocenters. The average Bonchev–Trinajstić information content (AvgIpc) is 2.75. The topological polar surface area (TPSA) is 32.3 Å². The maximum atomic E-state index is 12.1. The molecule has 1 aliphatic carbocycles. The van der Waals surface area contributed by atoms with Crippen LogP contribution in [0.3, 0.4) is 0 Å². The van der Waals surface area contributed by atoms with Crippen molar-refractivity contribution in [3.8, 4) is 0 Å². The lowest BCUT2D eigenvalue weighted by atomic mass is 9.96. The van der Waals surface area contributed by atoms with Gasteiger partial charge < -0.3 is 10.2 Å². The van der Waals surface area contributed by atoms with Crippen molar-refractivity contribution in [2.45, 2.75) is 32.2 Å². The van der Waals surface area contributed by atoms with E-state index in [0.717, 1.165) is 26.1 Å². The predicted octanol–water partition coefficient (Wildman–Crippen LogP) is 0.607. The molecule has 78 valence electrons. The maximum Gasteiger partial charge on any atom is 0.226 e. The Morgan fingerprint density at radius 3 is 2.71 bits per heavy atom. The van der Waals surface area contributed by atoms with E-state index in [4.69, 9.17) is 0 Å². The van der Waals surface area contributed by atoms with E-state index in [1.54, 1.807) is 0 Å². The first-order chi connectivity index (χ1) is 6.73. The van der Waals surface area contributed by atoms with Gasteiger partial charge in [0.05, 0.1) is 0 Å². The molecule has 2 aliphatic heterocycles. The van der Waals surface area contributed by atoms with Crippen LogP contribution in [-0.4, -0.2) is 36.5 Å². The van der Waals surface area contributed by atoms with Gasteiger partial charge in [0.1, 0.15) is 0 Å². The van der Waals surface area contributed by atoms with Gasteiger partial charge in [0.2, 0.25) is 5.91 Å². The van der Waals surface area contributed by atoms with Crippen LogP contribution in [0.4, 0.5) is 0 Å². The summed E-state index contributed by atoms with van der Waals surface area (Å²) in [6.07, 6.45) is 3.54. The molecule has 3 rings (SSSR count). The standard InChI is InChI=1S/C11H18N2O/c1-8-3-2-4-13(8)10(14)9-5-11(9)6-12-7-11/h8-9,12H,2-7H2,1H3. The summed E-state index contributed by atoms with van der Waals surface area (Å²) in [6.45, 7) is 5.33. The summed E-state index contributed by atoms with van der Waals surface area (Å²) in [4.78, 5) is 14.2. The molecule has 0 radical (unpaired) electrons. The molecule has 3 aliphatic rings. The van der Waals surface area contributed by atoms with Gasteiger partial charge in [-0.1, -0.05) is 0 Å². The van der Waals surface area contributed by atoms with E-state index in [1.165, 1.54) is 12.8 Å². The van der Waals surface area contributed by atoms with Crippen molar-refractivity contribution in [3.05, 3.63) is 0 Å². The van der Waals surface area contributed by atoms with Crippen molar-refractivity contribution in [2.24, 2.45) is 11.3 Å². The smallest absolute Gasteiger partial charge is 0.226 e. The number of hydrogen-bond acceptors (Lipinski definition) is 2. The molecular weight excluding hydrogens is 176 g/mol. The third-order valence-corrected chi connectivity index (χ3v) is 4.28. The highest BCUT2D eigenvalue weighted by atomic mass is 16.2. The van der Waals surface area contributed by atoms with Crippen molar-refractivity contribution in [2.75, 3.05) is 19.6 Å². The van der Waals surface area contributed by atoms with Crippen molar-refractivity contribution >= 4 is 5.91 Å². The summed E-state index contributed by atoms with van der Waals surface area (Å²) in [5.41, 5.74) is 0.402. The van der Waals surface area contributed by atoms with Crippen LogP contribution in [0.25, 0.3) is 0 Å². The Bertz CT molecular complexity index is 272. The summed E-state index contributed by atoms with van der Waals surface area (Å²) in [6, 6.07) is 0.494. The van der Waals surface area contributed by atoms with Crippen LogP contribution in [0, 0.1) is 11.3 Å². The fourth-order valence-electron chi connectivity index (χ4n) is 2.99.